The third kappa shape index (κ3) is 5.83. The number of rotatable bonds is 9. The predicted molar refractivity (Wildman–Crippen MR) is 192 cm³/mol. The number of esters is 1. The normalized spacial score (nSPS) is 25.7. The van der Waals surface area contributed by atoms with Crippen LogP contribution in [-0.2, 0) is 29.1 Å². The standard InChI is InChI=1S/C36H32N4O9S3/c1-2-48-35(44)18-3-9-20(10-4-18)40-33(42)28-23-15-24(29(28)34(40)43)30-27(23)26(31-32(50-30)39-36(45)51-31)17-5-11-21(12-6-17)49-16-25(41)38-19-7-13-22(14-8-19)52(37,46)47/h3-14,23-24,26-30H,2,15-16H2,1H3,(H,38,41)(H,39,45)(H2,37,46,47)/t23-,24-,26-,27?,28?,29?,30?/m1/s1. The van der Waals surface area contributed by atoms with Crippen LogP contribution in [0.4, 0.5) is 11.4 Å². The molecule has 0 spiro atoms. The molecular weight excluding hydrogens is 729 g/mol. The number of hydrogen-bond acceptors (Lipinski definition) is 11. The Hall–Kier alpha value is -4.77. The predicted octanol–water partition coefficient (Wildman–Crippen LogP) is 3.96. The zero-order chi connectivity index (χ0) is 36.5. The Morgan fingerprint density at radius 2 is 1.62 bits per heavy atom. The molecule has 2 aliphatic carbocycles. The minimum absolute atomic E-state index is 0.00344. The average Bonchev–Trinajstić information content (AvgIpc) is 3.86. The third-order valence-corrected chi connectivity index (χ3v) is 14.0. The average molecular weight is 761 g/mol. The first-order valence-electron chi connectivity index (χ1n) is 16.6. The maximum absolute atomic E-state index is 14.1. The van der Waals surface area contributed by atoms with Crippen LogP contribution in [0.2, 0.25) is 0 Å². The molecule has 2 bridgehead atoms. The van der Waals surface area contributed by atoms with Crippen molar-refractivity contribution in [1.82, 2.24) is 4.98 Å². The molecule has 8 rings (SSSR count). The molecule has 4 N–H and O–H groups in total. The van der Waals surface area contributed by atoms with Crippen LogP contribution in [0.5, 0.6) is 5.75 Å². The first-order valence-corrected chi connectivity index (χ1v) is 19.9. The van der Waals surface area contributed by atoms with Crippen LogP contribution in [0.25, 0.3) is 0 Å². The van der Waals surface area contributed by atoms with E-state index in [0.29, 0.717) is 22.7 Å². The van der Waals surface area contributed by atoms with E-state index in [1.807, 2.05) is 12.1 Å². The Kier molecular flexibility index (Phi) is 8.59. The summed E-state index contributed by atoms with van der Waals surface area (Å²) >= 11 is 2.77. The maximum Gasteiger partial charge on any atom is 0.338 e. The lowest BCUT2D eigenvalue weighted by Gasteiger charge is -2.43. The number of imide groups is 1. The van der Waals surface area contributed by atoms with E-state index in [2.05, 4.69) is 10.3 Å². The Morgan fingerprint density at radius 1 is 0.942 bits per heavy atom. The summed E-state index contributed by atoms with van der Waals surface area (Å²) in [6.07, 6.45) is 0.738. The number of fused-ring (bicyclic) bond motifs is 9. The Morgan fingerprint density at radius 3 is 2.27 bits per heavy atom. The van der Waals surface area contributed by atoms with Gasteiger partial charge in [-0.3, -0.25) is 24.1 Å². The van der Waals surface area contributed by atoms with E-state index >= 15 is 0 Å². The van der Waals surface area contributed by atoms with Gasteiger partial charge in [0, 0.05) is 21.7 Å². The highest BCUT2D eigenvalue weighted by Gasteiger charge is 2.69. The van der Waals surface area contributed by atoms with Crippen LogP contribution in [-0.4, -0.2) is 55.6 Å². The quantitative estimate of drug-likeness (QED) is 0.166. The number of nitrogens with one attached hydrogen (secondary N) is 2. The molecule has 3 heterocycles. The van der Waals surface area contributed by atoms with Gasteiger partial charge in [0.2, 0.25) is 21.8 Å². The summed E-state index contributed by atoms with van der Waals surface area (Å²) in [5.74, 6) is -2.21. The number of sulfonamides is 1. The van der Waals surface area contributed by atoms with E-state index in [-0.39, 0.29) is 63.7 Å². The van der Waals surface area contributed by atoms with Crippen molar-refractivity contribution in [2.24, 2.45) is 34.7 Å². The zero-order valence-electron chi connectivity index (χ0n) is 27.5. The summed E-state index contributed by atoms with van der Waals surface area (Å²) in [6, 6.07) is 19.1. The van der Waals surface area contributed by atoms with Gasteiger partial charge < -0.3 is 19.8 Å². The highest BCUT2D eigenvalue weighted by Crippen LogP contribution is 2.68. The molecule has 1 aromatic heterocycles. The fourth-order valence-electron chi connectivity index (χ4n) is 8.45. The summed E-state index contributed by atoms with van der Waals surface area (Å²) in [7, 11) is -3.85. The highest BCUT2D eigenvalue weighted by atomic mass is 32.2. The fourth-order valence-corrected chi connectivity index (χ4v) is 11.9. The number of hydrogen-bond donors (Lipinski definition) is 3. The van der Waals surface area contributed by atoms with Crippen LogP contribution >= 0.6 is 23.1 Å². The number of aromatic nitrogens is 1. The molecule has 4 aromatic rings. The second kappa shape index (κ2) is 13.0. The number of H-pyrrole nitrogens is 1. The monoisotopic (exact) mass is 760 g/mol. The van der Waals surface area contributed by atoms with Crippen molar-refractivity contribution in [2.75, 3.05) is 23.4 Å². The number of primary sulfonamides is 1. The molecule has 0 radical (unpaired) electrons. The van der Waals surface area contributed by atoms with Gasteiger partial charge in [-0.05, 0) is 97.3 Å². The smallest absolute Gasteiger partial charge is 0.338 e. The second-order valence-corrected chi connectivity index (χ2v) is 17.0. The van der Waals surface area contributed by atoms with Crippen molar-refractivity contribution in [3.8, 4) is 5.75 Å². The summed E-state index contributed by atoms with van der Waals surface area (Å²) in [4.78, 5) is 70.4. The van der Waals surface area contributed by atoms with Crippen molar-refractivity contribution in [1.29, 1.82) is 0 Å². The molecule has 13 nitrogen and oxygen atoms in total. The van der Waals surface area contributed by atoms with E-state index in [9.17, 15) is 32.4 Å². The second-order valence-electron chi connectivity index (χ2n) is 13.2. The molecule has 2 saturated carbocycles. The van der Waals surface area contributed by atoms with Crippen LogP contribution < -0.4 is 25.0 Å². The number of benzene rings is 3. The molecule has 2 aliphatic heterocycles. The molecule has 3 aromatic carbocycles. The summed E-state index contributed by atoms with van der Waals surface area (Å²) in [5.41, 5.74) is 2.08. The number of ether oxygens (including phenoxy) is 2. The minimum Gasteiger partial charge on any atom is -0.484 e. The Balaban J connectivity index is 1.00. The lowest BCUT2D eigenvalue weighted by molar-refractivity contribution is -0.123. The van der Waals surface area contributed by atoms with E-state index in [1.165, 1.54) is 40.5 Å². The topological polar surface area (TPSA) is 195 Å². The van der Waals surface area contributed by atoms with Crippen LogP contribution in [0, 0.1) is 29.6 Å². The van der Waals surface area contributed by atoms with E-state index < -0.39 is 33.7 Å². The fraction of sp³-hybridized carbons (Fsp3) is 0.306. The van der Waals surface area contributed by atoms with Gasteiger partial charge in [0.15, 0.2) is 6.61 Å². The first-order chi connectivity index (χ1) is 24.9. The molecular formula is C36H32N4O9S3. The number of thiazole rings is 1. The van der Waals surface area contributed by atoms with Crippen molar-refractivity contribution in [3.05, 3.63) is 98.5 Å². The first kappa shape index (κ1) is 34.3. The van der Waals surface area contributed by atoms with Crippen molar-refractivity contribution in [3.63, 3.8) is 0 Å². The summed E-state index contributed by atoms with van der Waals surface area (Å²) in [5, 5.41) is 8.58. The Bertz CT molecular complexity index is 2270. The van der Waals surface area contributed by atoms with Crippen molar-refractivity contribution >= 4 is 68.2 Å². The van der Waals surface area contributed by atoms with Gasteiger partial charge >= 0.3 is 10.8 Å². The lowest BCUT2D eigenvalue weighted by Crippen LogP contribution is -2.42. The van der Waals surface area contributed by atoms with E-state index in [0.717, 1.165) is 21.9 Å². The SMILES string of the molecule is CCOC(=O)c1ccc(N2C(=O)C3C(C2=O)[C@@H]2C[C@H]3C3Sc4[nH]c(=O)sc4[C@H](c4ccc(OCC(=O)Nc5ccc(S(N)(=O)=O)cc5)cc4)C32)cc1. The lowest BCUT2D eigenvalue weighted by atomic mass is 9.68. The largest absolute Gasteiger partial charge is 0.484 e. The zero-order valence-corrected chi connectivity index (χ0v) is 30.0. The van der Waals surface area contributed by atoms with Crippen LogP contribution in [0.3, 0.4) is 0 Å². The van der Waals surface area contributed by atoms with Gasteiger partial charge in [-0.15, -0.1) is 11.8 Å². The Labute approximate surface area is 305 Å². The molecule has 268 valence electrons. The van der Waals surface area contributed by atoms with Crippen molar-refractivity contribution in [2.45, 2.75) is 34.4 Å². The van der Waals surface area contributed by atoms with E-state index in [4.69, 9.17) is 14.6 Å². The number of carbonyl (C=O) groups excluding carboxylic acids is 4. The van der Waals surface area contributed by atoms with Gasteiger partial charge in [-0.25, -0.2) is 18.4 Å². The molecule has 16 heteroatoms. The number of carbonyl (C=O) groups is 4. The van der Waals surface area contributed by atoms with Gasteiger partial charge in [0.25, 0.3) is 5.91 Å². The summed E-state index contributed by atoms with van der Waals surface area (Å²) < 4.78 is 33.8. The number of nitrogens with two attached hydrogens (primary N) is 1. The van der Waals surface area contributed by atoms with Gasteiger partial charge in [0.05, 0.1) is 39.6 Å². The molecule has 4 unspecified atom stereocenters. The van der Waals surface area contributed by atoms with E-state index in [1.54, 1.807) is 55.1 Å². The molecule has 7 atom stereocenters. The molecule has 4 aliphatic rings. The maximum atomic E-state index is 14.1. The van der Waals surface area contributed by atoms with Gasteiger partial charge in [-0.1, -0.05) is 23.5 Å². The summed E-state index contributed by atoms with van der Waals surface area (Å²) in [6.45, 7) is 1.66. The molecule has 52 heavy (non-hydrogen) atoms. The van der Waals surface area contributed by atoms with Crippen LogP contribution in [0.1, 0.15) is 40.1 Å². The molecule has 1 saturated heterocycles. The van der Waals surface area contributed by atoms with Crippen molar-refractivity contribution < 1.29 is 37.1 Å². The molecule has 3 amide bonds. The highest BCUT2D eigenvalue weighted by molar-refractivity contribution is 8.00. The third-order valence-electron chi connectivity index (χ3n) is 10.4. The number of anilines is 2. The van der Waals surface area contributed by atoms with Gasteiger partial charge in [0.1, 0.15) is 5.75 Å². The number of nitrogens with zero attached hydrogens (tertiary/aromatic N) is 1. The minimum atomic E-state index is -3.85. The molecule has 3 fully saturated rings. The number of amides is 3. The number of aromatic amines is 1. The van der Waals surface area contributed by atoms with Crippen LogP contribution in [0.15, 0.2) is 87.5 Å². The van der Waals surface area contributed by atoms with Gasteiger partial charge in [-0.2, -0.15) is 0 Å². The number of thioether (sulfide) groups is 1.